The largest absolute Gasteiger partial charge is 0.463 e. The molecule has 6 heteroatoms. The first-order chi connectivity index (χ1) is 10.7. The molecule has 2 aromatic heterocycles. The van der Waals surface area contributed by atoms with E-state index >= 15 is 0 Å². The number of ether oxygens (including phenoxy) is 2. The Morgan fingerprint density at radius 1 is 1.27 bits per heavy atom. The van der Waals surface area contributed by atoms with Crippen LogP contribution in [0.15, 0.2) is 22.1 Å². The second-order valence-corrected chi connectivity index (χ2v) is 6.07. The van der Waals surface area contributed by atoms with E-state index in [2.05, 4.69) is 4.74 Å². The molecule has 1 aliphatic rings. The summed E-state index contributed by atoms with van der Waals surface area (Å²) in [7, 11) is 1.28. The number of methoxy groups -OCH3 is 1. The number of hydrogen-bond donors (Lipinski definition) is 0. The maximum Gasteiger partial charge on any atom is 0.374 e. The zero-order valence-corrected chi connectivity index (χ0v) is 13.0. The summed E-state index contributed by atoms with van der Waals surface area (Å²) in [5, 5.41) is 1.87. The predicted molar refractivity (Wildman–Crippen MR) is 80.1 cm³/mol. The normalized spacial score (nSPS) is 13.5. The first kappa shape index (κ1) is 14.8. The Hall–Kier alpha value is -2.08. The Balaban J connectivity index is 1.69. The van der Waals surface area contributed by atoms with Crippen molar-refractivity contribution in [3.63, 3.8) is 0 Å². The minimum atomic E-state index is -0.580. The first-order valence-electron chi connectivity index (χ1n) is 7.11. The molecule has 0 aromatic carbocycles. The monoisotopic (exact) mass is 320 g/mol. The quantitative estimate of drug-likeness (QED) is 0.808. The van der Waals surface area contributed by atoms with Crippen LogP contribution in [0, 0.1) is 0 Å². The van der Waals surface area contributed by atoms with Crippen molar-refractivity contribution in [1.82, 2.24) is 0 Å². The summed E-state index contributed by atoms with van der Waals surface area (Å²) in [6.07, 6.45) is 5.64. The summed E-state index contributed by atoms with van der Waals surface area (Å²) >= 11 is 1.62. The maximum atomic E-state index is 12.3. The first-order valence-corrected chi connectivity index (χ1v) is 7.99. The molecule has 0 aliphatic heterocycles. The van der Waals surface area contributed by atoms with E-state index in [-0.39, 0.29) is 18.3 Å². The van der Waals surface area contributed by atoms with E-state index < -0.39 is 5.97 Å². The van der Waals surface area contributed by atoms with Gasteiger partial charge in [0.2, 0.25) is 5.76 Å². The molecule has 2 aromatic rings. The summed E-state index contributed by atoms with van der Waals surface area (Å²) in [6, 6.07) is 1.60. The lowest BCUT2D eigenvalue weighted by Crippen LogP contribution is -2.11. The smallest absolute Gasteiger partial charge is 0.374 e. The van der Waals surface area contributed by atoms with Crippen LogP contribution in [0.3, 0.4) is 0 Å². The Bertz CT molecular complexity index is 697. The summed E-state index contributed by atoms with van der Waals surface area (Å²) in [5.41, 5.74) is 2.29. The van der Waals surface area contributed by atoms with Gasteiger partial charge in [0.25, 0.3) is 0 Å². The summed E-state index contributed by atoms with van der Waals surface area (Å²) < 4.78 is 15.0. The number of rotatable bonds is 4. The van der Waals surface area contributed by atoms with Crippen LogP contribution in [0.5, 0.6) is 0 Å². The van der Waals surface area contributed by atoms with Gasteiger partial charge < -0.3 is 13.9 Å². The summed E-state index contributed by atoms with van der Waals surface area (Å²) in [5.74, 6) is -0.858. The van der Waals surface area contributed by atoms with Gasteiger partial charge in [0, 0.05) is 15.8 Å². The van der Waals surface area contributed by atoms with Crippen molar-refractivity contribution in [3.05, 3.63) is 45.0 Å². The molecule has 116 valence electrons. The second-order valence-electron chi connectivity index (χ2n) is 5.10. The number of furan rings is 1. The fraction of sp³-hybridized carbons (Fsp3) is 0.375. The molecule has 0 bridgehead atoms. The summed E-state index contributed by atoms with van der Waals surface area (Å²) in [4.78, 5) is 25.1. The average molecular weight is 320 g/mol. The van der Waals surface area contributed by atoms with Gasteiger partial charge in [-0.2, -0.15) is 0 Å². The van der Waals surface area contributed by atoms with E-state index in [4.69, 9.17) is 9.15 Å². The molecule has 5 nitrogen and oxygen atoms in total. The third-order valence-corrected chi connectivity index (χ3v) is 4.85. The molecule has 0 saturated heterocycles. The number of esters is 2. The molecule has 2 heterocycles. The van der Waals surface area contributed by atoms with Crippen LogP contribution in [-0.2, 0) is 28.9 Å². The molecule has 22 heavy (non-hydrogen) atoms. The van der Waals surface area contributed by atoms with Gasteiger partial charge in [-0.15, -0.1) is 11.3 Å². The highest BCUT2D eigenvalue weighted by molar-refractivity contribution is 7.10. The van der Waals surface area contributed by atoms with Crippen molar-refractivity contribution >= 4 is 23.3 Å². The summed E-state index contributed by atoms with van der Waals surface area (Å²) in [6.45, 7) is -0.00954. The molecular weight excluding hydrogens is 304 g/mol. The van der Waals surface area contributed by atoms with Gasteiger partial charge in [-0.25, -0.2) is 9.59 Å². The molecule has 0 atom stereocenters. The number of carbonyl (C=O) groups excluding carboxylic acids is 2. The highest BCUT2D eigenvalue weighted by Gasteiger charge is 2.22. The van der Waals surface area contributed by atoms with Gasteiger partial charge in [-0.1, -0.05) is 0 Å². The standard InChI is InChI=1S/C16H16O5S/c1-19-16(18)14-10(6-7-20-14)8-21-15(17)12-9-22-13-5-3-2-4-11(12)13/h6-7,9H,2-5,8H2,1H3. The second kappa shape index (κ2) is 6.36. The molecule has 3 rings (SSSR count). The fourth-order valence-corrected chi connectivity index (χ4v) is 3.72. The fourth-order valence-electron chi connectivity index (χ4n) is 2.61. The van der Waals surface area contributed by atoms with E-state index in [1.165, 1.54) is 24.7 Å². The van der Waals surface area contributed by atoms with Gasteiger partial charge in [0.05, 0.1) is 18.9 Å². The molecule has 0 radical (unpaired) electrons. The lowest BCUT2D eigenvalue weighted by atomic mass is 9.96. The maximum absolute atomic E-state index is 12.3. The van der Waals surface area contributed by atoms with Crippen molar-refractivity contribution in [1.29, 1.82) is 0 Å². The van der Waals surface area contributed by atoms with Crippen LogP contribution in [0.4, 0.5) is 0 Å². The van der Waals surface area contributed by atoms with Crippen LogP contribution < -0.4 is 0 Å². The lowest BCUT2D eigenvalue weighted by Gasteiger charge is -2.12. The predicted octanol–water partition coefficient (Wildman–Crippen LogP) is 3.36. The third-order valence-electron chi connectivity index (χ3n) is 3.76. The van der Waals surface area contributed by atoms with Gasteiger partial charge >= 0.3 is 11.9 Å². The van der Waals surface area contributed by atoms with E-state index in [9.17, 15) is 9.59 Å². The van der Waals surface area contributed by atoms with Gasteiger partial charge in [-0.05, 0) is 37.3 Å². The van der Waals surface area contributed by atoms with Crippen LogP contribution >= 0.6 is 11.3 Å². The molecule has 0 fully saturated rings. The minimum Gasteiger partial charge on any atom is -0.463 e. The number of hydrogen-bond acceptors (Lipinski definition) is 6. The topological polar surface area (TPSA) is 65.7 Å². The average Bonchev–Trinajstić information content (AvgIpc) is 3.18. The van der Waals surface area contributed by atoms with Crippen LogP contribution in [-0.4, -0.2) is 19.0 Å². The zero-order chi connectivity index (χ0) is 15.5. The van der Waals surface area contributed by atoms with E-state index in [1.54, 1.807) is 17.4 Å². The lowest BCUT2D eigenvalue weighted by molar-refractivity contribution is 0.0453. The number of aryl methyl sites for hydroxylation is 1. The minimum absolute atomic E-state index is 0.00954. The molecular formula is C16H16O5S. The Morgan fingerprint density at radius 2 is 2.09 bits per heavy atom. The van der Waals surface area contributed by atoms with E-state index in [0.29, 0.717) is 11.1 Å². The van der Waals surface area contributed by atoms with Gasteiger partial charge in [0.15, 0.2) is 0 Å². The van der Waals surface area contributed by atoms with Crippen molar-refractivity contribution < 1.29 is 23.5 Å². The molecule has 0 N–H and O–H groups in total. The van der Waals surface area contributed by atoms with Gasteiger partial charge in [0.1, 0.15) is 6.61 Å². The molecule has 0 amide bonds. The highest BCUT2D eigenvalue weighted by atomic mass is 32.1. The van der Waals surface area contributed by atoms with Crippen LogP contribution in [0.2, 0.25) is 0 Å². The molecule has 0 unspecified atom stereocenters. The Kier molecular flexibility index (Phi) is 4.29. The molecule has 0 saturated carbocycles. The zero-order valence-electron chi connectivity index (χ0n) is 12.2. The van der Waals surface area contributed by atoms with Crippen molar-refractivity contribution in [2.75, 3.05) is 7.11 Å². The van der Waals surface area contributed by atoms with Gasteiger partial charge in [-0.3, -0.25) is 0 Å². The van der Waals surface area contributed by atoms with Crippen LogP contribution in [0.1, 0.15) is 49.8 Å². The number of fused-ring (bicyclic) bond motifs is 1. The van der Waals surface area contributed by atoms with Crippen molar-refractivity contribution in [3.8, 4) is 0 Å². The number of thiophene rings is 1. The van der Waals surface area contributed by atoms with Crippen molar-refractivity contribution in [2.45, 2.75) is 32.3 Å². The highest BCUT2D eigenvalue weighted by Crippen LogP contribution is 2.30. The number of carbonyl (C=O) groups is 2. The van der Waals surface area contributed by atoms with E-state index in [0.717, 1.165) is 24.8 Å². The Labute approximate surface area is 131 Å². The molecule has 1 aliphatic carbocycles. The third kappa shape index (κ3) is 2.78. The van der Waals surface area contributed by atoms with E-state index in [1.807, 2.05) is 5.38 Å². The van der Waals surface area contributed by atoms with Crippen LogP contribution in [0.25, 0.3) is 0 Å². The Morgan fingerprint density at radius 3 is 2.91 bits per heavy atom. The SMILES string of the molecule is COC(=O)c1occc1COC(=O)c1csc2c1CCCC2. The van der Waals surface area contributed by atoms with Crippen molar-refractivity contribution in [2.24, 2.45) is 0 Å². The molecule has 0 spiro atoms.